The zero-order chi connectivity index (χ0) is 54.2. The lowest BCUT2D eigenvalue weighted by Crippen LogP contribution is -2.52. The monoisotopic (exact) mass is 1160 g/mol. The maximum atomic E-state index is 14.8. The molecule has 0 spiro atoms. The number of rotatable bonds is 18. The van der Waals surface area contributed by atoms with Crippen molar-refractivity contribution in [3.8, 4) is 12.1 Å². The van der Waals surface area contributed by atoms with E-state index in [1.54, 1.807) is 56.8 Å². The minimum Gasteiger partial charge on any atom is -0.463 e. The Morgan fingerprint density at radius 2 is 1.07 bits per heavy atom. The fraction of sp³-hybridized carbons (Fsp3) is 0.302. The first-order valence-corrected chi connectivity index (χ1v) is 25.7. The van der Waals surface area contributed by atoms with E-state index in [1.807, 2.05) is 21.3 Å². The van der Waals surface area contributed by atoms with Crippen LogP contribution >= 0.6 is 31.9 Å². The van der Waals surface area contributed by atoms with E-state index in [-0.39, 0.29) is 83.7 Å². The molecule has 0 saturated heterocycles. The van der Waals surface area contributed by atoms with Crippen molar-refractivity contribution in [2.75, 3.05) is 46.8 Å². The summed E-state index contributed by atoms with van der Waals surface area (Å²) in [6.45, 7) is 3.67. The van der Waals surface area contributed by atoms with E-state index in [9.17, 15) is 56.0 Å². The highest BCUT2D eigenvalue weighted by Gasteiger charge is 2.46. The second-order valence-corrected chi connectivity index (χ2v) is 18.1. The lowest BCUT2D eigenvalue weighted by atomic mass is 9.92. The van der Waals surface area contributed by atoms with E-state index < -0.39 is 59.6 Å². The average Bonchev–Trinajstić information content (AvgIpc) is 3.85. The Kier molecular flexibility index (Phi) is 17.6. The SMILES string of the molecule is CCOC(=O)C1=C(CBr)N(c2cccc(C(F)(F)F)c2)C(=O)N(CCCn2cc[n+](CCCN3C(=O)N(c4cccc(C(F)(F)F)c4)C(CBr)=C(C(=O)OCC)[C@H]3c3ccc(C#N)cc3)c2)[C@@H]1c1ccc(C#N)cc1. The minimum absolute atomic E-state index is 0.00842. The third-order valence-electron chi connectivity index (χ3n) is 12.4. The number of hydrogen-bond acceptors (Lipinski definition) is 8. The number of allylic oxidation sites excluding steroid dienone is 2. The van der Waals surface area contributed by atoms with Crippen molar-refractivity contribution < 1.29 is 59.6 Å². The number of aromatic nitrogens is 2. The third kappa shape index (κ3) is 12.1. The summed E-state index contributed by atoms with van der Waals surface area (Å²) in [5, 5.41) is 18.9. The number of aryl methyl sites for hydroxylation is 2. The Balaban J connectivity index is 1.17. The number of carbonyl (C=O) groups is 4. The molecule has 7 rings (SSSR count). The highest BCUT2D eigenvalue weighted by atomic mass is 79.9. The molecule has 0 saturated carbocycles. The maximum absolute atomic E-state index is 14.8. The van der Waals surface area contributed by atoms with Crippen molar-refractivity contribution in [2.45, 2.75) is 64.2 Å². The third-order valence-corrected chi connectivity index (χ3v) is 13.5. The standard InChI is InChI=1S/C53H47Br2F6N8O6/c1-3-74-48(70)44-42(29-54)68(40-11-5-9-38(27-40)52(56,57)58)50(72)66(46(44)36-17-13-34(31-62)14-18-36)23-7-21-64-25-26-65(33-64)22-8-24-67-47(37-19-15-35(32-63)16-20-37)45(49(71)75-4-2)43(30-55)69(51(67)73)41-12-6-10-39(28-41)53(59,60)61/h5-6,9-20,25-28,33,46-47H,3-4,7-8,21-24,29-30H2,1-2H3/q+1/t46-,47-/m1/s1. The largest absolute Gasteiger partial charge is 0.463 e. The summed E-state index contributed by atoms with van der Waals surface area (Å²) in [7, 11) is 0. The van der Waals surface area contributed by atoms with Gasteiger partial charge in [-0.05, 0) is 85.6 Å². The summed E-state index contributed by atoms with van der Waals surface area (Å²) in [5.41, 5.74) is -0.578. The van der Waals surface area contributed by atoms with Gasteiger partial charge in [-0.15, -0.1) is 0 Å². The number of imidazole rings is 1. The molecule has 5 aromatic rings. The smallest absolute Gasteiger partial charge is 0.416 e. The van der Waals surface area contributed by atoms with Gasteiger partial charge in [-0.1, -0.05) is 68.3 Å². The fourth-order valence-electron chi connectivity index (χ4n) is 9.07. The maximum Gasteiger partial charge on any atom is 0.416 e. The van der Waals surface area contributed by atoms with E-state index in [2.05, 4.69) is 31.9 Å². The van der Waals surface area contributed by atoms with Gasteiger partial charge in [0.15, 0.2) is 0 Å². The van der Waals surface area contributed by atoms with Crippen LogP contribution in [-0.4, -0.2) is 75.3 Å². The summed E-state index contributed by atoms with van der Waals surface area (Å²) < 4.78 is 98.9. The van der Waals surface area contributed by atoms with Crippen molar-refractivity contribution in [1.82, 2.24) is 14.4 Å². The summed E-state index contributed by atoms with van der Waals surface area (Å²) >= 11 is 6.77. The molecule has 14 nitrogen and oxygen atoms in total. The number of hydrogen-bond donors (Lipinski definition) is 0. The fourth-order valence-corrected chi connectivity index (χ4v) is 10.2. The van der Waals surface area contributed by atoms with Crippen LogP contribution in [0.25, 0.3) is 0 Å². The van der Waals surface area contributed by atoms with Crippen LogP contribution in [0.15, 0.2) is 138 Å². The predicted molar refractivity (Wildman–Crippen MR) is 269 cm³/mol. The number of anilines is 2. The molecule has 0 aliphatic carbocycles. The number of amides is 4. The number of nitrogens with zero attached hydrogens (tertiary/aromatic N) is 8. The molecule has 0 radical (unpaired) electrons. The molecular formula is C53H47Br2F6N8O6+. The highest BCUT2D eigenvalue weighted by molar-refractivity contribution is 9.09. The Bertz CT molecular complexity index is 2890. The Morgan fingerprint density at radius 1 is 0.640 bits per heavy atom. The van der Waals surface area contributed by atoms with Crippen LogP contribution in [0.2, 0.25) is 0 Å². The van der Waals surface area contributed by atoms with Crippen LogP contribution in [0.4, 0.5) is 47.3 Å². The summed E-state index contributed by atoms with van der Waals surface area (Å²) in [4.78, 5) is 62.5. The molecule has 0 bridgehead atoms. The summed E-state index contributed by atoms with van der Waals surface area (Å²) in [5.74, 6) is -1.59. The van der Waals surface area contributed by atoms with E-state index in [0.717, 1.165) is 34.1 Å². The second kappa shape index (κ2) is 23.8. The Hall–Kier alpha value is -7.43. The van der Waals surface area contributed by atoms with E-state index >= 15 is 0 Å². The number of urea groups is 2. The van der Waals surface area contributed by atoms with Crippen LogP contribution in [-0.2, 0) is 44.5 Å². The molecule has 0 N–H and O–H groups in total. The molecule has 2 atom stereocenters. The summed E-state index contributed by atoms with van der Waals surface area (Å²) in [6.07, 6.45) is -3.65. The van der Waals surface area contributed by atoms with E-state index in [0.29, 0.717) is 35.3 Å². The minimum atomic E-state index is -4.74. The zero-order valence-corrected chi connectivity index (χ0v) is 43.4. The van der Waals surface area contributed by atoms with Gasteiger partial charge in [0.25, 0.3) is 0 Å². The molecule has 0 unspecified atom stereocenters. The normalized spacial score (nSPS) is 16.3. The highest BCUT2D eigenvalue weighted by Crippen LogP contribution is 2.44. The average molecular weight is 1170 g/mol. The van der Waals surface area contributed by atoms with Gasteiger partial charge < -0.3 is 19.3 Å². The van der Waals surface area contributed by atoms with Crippen LogP contribution in [0, 0.1) is 22.7 Å². The quantitative estimate of drug-likeness (QED) is 0.0363. The number of nitriles is 2. The topological polar surface area (TPSA) is 156 Å². The molecule has 0 fully saturated rings. The number of esters is 2. The van der Waals surface area contributed by atoms with Gasteiger partial charge in [0.05, 0.1) is 107 Å². The van der Waals surface area contributed by atoms with Crippen molar-refractivity contribution in [3.63, 3.8) is 0 Å². The van der Waals surface area contributed by atoms with E-state index in [4.69, 9.17) is 9.47 Å². The molecule has 3 heterocycles. The van der Waals surface area contributed by atoms with E-state index in [1.165, 1.54) is 58.3 Å². The van der Waals surface area contributed by atoms with Gasteiger partial charge in [0.2, 0.25) is 6.33 Å². The first-order chi connectivity index (χ1) is 35.9. The number of halogens is 8. The lowest BCUT2D eigenvalue weighted by Gasteiger charge is -2.43. The predicted octanol–water partition coefficient (Wildman–Crippen LogP) is 11.1. The summed E-state index contributed by atoms with van der Waals surface area (Å²) in [6, 6.07) is 21.5. The van der Waals surface area contributed by atoms with Crippen LogP contribution in [0.1, 0.15) is 72.2 Å². The van der Waals surface area contributed by atoms with Gasteiger partial charge >= 0.3 is 36.4 Å². The van der Waals surface area contributed by atoms with Crippen LogP contribution in [0.5, 0.6) is 0 Å². The first-order valence-electron chi connectivity index (χ1n) is 23.4. The molecule has 390 valence electrons. The number of carbonyl (C=O) groups excluding carboxylic acids is 4. The molecule has 1 aromatic heterocycles. The Labute approximate surface area is 444 Å². The molecule has 4 amide bonds. The number of ether oxygens (including phenoxy) is 2. The molecule has 2 aliphatic heterocycles. The van der Waals surface area contributed by atoms with Gasteiger partial charge in [-0.2, -0.15) is 36.9 Å². The lowest BCUT2D eigenvalue weighted by molar-refractivity contribution is -0.696. The molecule has 4 aromatic carbocycles. The first kappa shape index (κ1) is 55.3. The molecule has 2 aliphatic rings. The van der Waals surface area contributed by atoms with Crippen LogP contribution < -0.4 is 14.4 Å². The van der Waals surface area contributed by atoms with Crippen LogP contribution in [0.3, 0.4) is 0 Å². The van der Waals surface area contributed by atoms with Crippen molar-refractivity contribution in [2.24, 2.45) is 0 Å². The number of alkyl halides is 8. The molecule has 22 heteroatoms. The molecule has 75 heavy (non-hydrogen) atoms. The number of benzene rings is 4. The zero-order valence-electron chi connectivity index (χ0n) is 40.2. The Morgan fingerprint density at radius 3 is 1.45 bits per heavy atom. The van der Waals surface area contributed by atoms with Crippen molar-refractivity contribution >= 4 is 67.2 Å². The second-order valence-electron chi connectivity index (χ2n) is 17.0. The van der Waals surface area contributed by atoms with Crippen molar-refractivity contribution in [1.29, 1.82) is 10.5 Å². The molecular weight excluding hydrogens is 1120 g/mol. The van der Waals surface area contributed by atoms with Gasteiger partial charge in [-0.3, -0.25) is 9.80 Å². The van der Waals surface area contributed by atoms with Gasteiger partial charge in [0, 0.05) is 36.6 Å². The van der Waals surface area contributed by atoms with Gasteiger partial charge in [-0.25, -0.2) is 28.3 Å². The van der Waals surface area contributed by atoms with Crippen molar-refractivity contribution in [3.05, 3.63) is 172 Å². The van der Waals surface area contributed by atoms with Gasteiger partial charge in [0.1, 0.15) is 12.4 Å².